The molecule has 5 heteroatoms. The van der Waals surface area contributed by atoms with Crippen LogP contribution in [0, 0.1) is 11.3 Å². The number of nitrogens with zero attached hydrogens (tertiary/aromatic N) is 3. The molecule has 0 spiro atoms. The number of methoxy groups -OCH3 is 1. The Hall–Kier alpha value is -1.96. The molecule has 1 aromatic heterocycles. The normalized spacial score (nSPS) is 11.5. The van der Waals surface area contributed by atoms with Crippen LogP contribution < -0.4 is 0 Å². The first-order valence-corrected chi connectivity index (χ1v) is 3.99. The monoisotopic (exact) mass is 191 g/mol. The second-order valence-corrected chi connectivity index (χ2v) is 2.67. The smallest absolute Gasteiger partial charge is 0.341 e. The highest BCUT2D eigenvalue weighted by Gasteiger charge is 2.10. The Kier molecular flexibility index (Phi) is 3.13. The van der Waals surface area contributed by atoms with Gasteiger partial charge in [-0.3, -0.25) is 0 Å². The average molecular weight is 191 g/mol. The summed E-state index contributed by atoms with van der Waals surface area (Å²) in [6.45, 7) is 1.69. The number of nitriles is 1. The lowest BCUT2D eigenvalue weighted by molar-refractivity contribution is 0.0599. The van der Waals surface area contributed by atoms with Crippen LogP contribution in [0.15, 0.2) is 12.4 Å². The van der Waals surface area contributed by atoms with Gasteiger partial charge in [0.05, 0.1) is 18.7 Å². The van der Waals surface area contributed by atoms with Crippen LogP contribution in [-0.4, -0.2) is 23.0 Å². The molecule has 0 bridgehead atoms. The molecular weight excluding hydrogens is 182 g/mol. The minimum Gasteiger partial charge on any atom is -0.465 e. The highest BCUT2D eigenvalue weighted by molar-refractivity contribution is 5.88. The summed E-state index contributed by atoms with van der Waals surface area (Å²) in [7, 11) is 1.29. The van der Waals surface area contributed by atoms with Crippen LogP contribution in [0.25, 0.3) is 0 Å². The Bertz CT molecular complexity index is 367. The molecule has 1 heterocycles. The van der Waals surface area contributed by atoms with Crippen molar-refractivity contribution >= 4 is 5.97 Å². The summed E-state index contributed by atoms with van der Waals surface area (Å²) in [6.07, 6.45) is 2.70. The van der Waals surface area contributed by atoms with Gasteiger partial charge in [-0.05, 0) is 6.92 Å². The predicted octanol–water partition coefficient (Wildman–Crippen LogP) is 0.890. The highest BCUT2D eigenvalue weighted by atomic mass is 16.5. The van der Waals surface area contributed by atoms with E-state index in [1.807, 2.05) is 6.07 Å². The molecule has 5 nitrogen and oxygen atoms in total. The van der Waals surface area contributed by atoms with Gasteiger partial charge in [0.2, 0.25) is 0 Å². The number of ether oxygens (including phenoxy) is 1. The van der Waals surface area contributed by atoms with E-state index in [4.69, 9.17) is 5.26 Å². The first-order chi connectivity index (χ1) is 6.69. The SMILES string of the molecule is COC(=O)c1cnc(C(C)C#N)nc1. The Morgan fingerprint density at radius 3 is 2.57 bits per heavy atom. The quantitative estimate of drug-likeness (QED) is 0.649. The lowest BCUT2D eigenvalue weighted by Crippen LogP contribution is -2.05. The maximum absolute atomic E-state index is 11.0. The van der Waals surface area contributed by atoms with Crippen LogP contribution in [0.4, 0.5) is 0 Å². The third-order valence-corrected chi connectivity index (χ3v) is 1.67. The number of hydrogen-bond donors (Lipinski definition) is 0. The fourth-order valence-corrected chi connectivity index (χ4v) is 0.843. The molecule has 1 atom stereocenters. The molecule has 14 heavy (non-hydrogen) atoms. The molecular formula is C9H9N3O2. The van der Waals surface area contributed by atoms with Crippen molar-refractivity contribution in [3.05, 3.63) is 23.8 Å². The molecule has 1 unspecified atom stereocenters. The third kappa shape index (κ3) is 2.04. The fourth-order valence-electron chi connectivity index (χ4n) is 0.843. The van der Waals surface area contributed by atoms with Gasteiger partial charge in [0.15, 0.2) is 0 Å². The van der Waals surface area contributed by atoms with Crippen molar-refractivity contribution in [2.45, 2.75) is 12.8 Å². The number of aromatic nitrogens is 2. The summed E-state index contributed by atoms with van der Waals surface area (Å²) in [5.74, 6) is -0.456. The van der Waals surface area contributed by atoms with Crippen molar-refractivity contribution in [1.29, 1.82) is 5.26 Å². The topological polar surface area (TPSA) is 75.9 Å². The van der Waals surface area contributed by atoms with Gasteiger partial charge in [-0.15, -0.1) is 0 Å². The van der Waals surface area contributed by atoms with Crippen molar-refractivity contribution in [3.8, 4) is 6.07 Å². The van der Waals surface area contributed by atoms with Gasteiger partial charge in [0.1, 0.15) is 11.7 Å². The molecule has 72 valence electrons. The number of rotatable bonds is 2. The number of hydrogen-bond acceptors (Lipinski definition) is 5. The maximum Gasteiger partial charge on any atom is 0.341 e. The first-order valence-electron chi connectivity index (χ1n) is 3.99. The molecule has 0 aliphatic rings. The zero-order valence-corrected chi connectivity index (χ0v) is 7.89. The second-order valence-electron chi connectivity index (χ2n) is 2.67. The van der Waals surface area contributed by atoms with Crippen molar-refractivity contribution < 1.29 is 9.53 Å². The zero-order chi connectivity index (χ0) is 10.6. The first kappa shape index (κ1) is 10.1. The average Bonchev–Trinajstić information content (AvgIpc) is 2.27. The molecule has 1 aromatic rings. The largest absolute Gasteiger partial charge is 0.465 e. The number of carbonyl (C=O) groups excluding carboxylic acids is 1. The lowest BCUT2D eigenvalue weighted by Gasteiger charge is -2.01. The van der Waals surface area contributed by atoms with Gasteiger partial charge < -0.3 is 4.74 Å². The molecule has 0 saturated carbocycles. The standard InChI is InChI=1S/C9H9N3O2/c1-6(3-10)8-11-4-7(5-12-8)9(13)14-2/h4-6H,1-2H3. The minimum absolute atomic E-state index is 0.279. The van der Waals surface area contributed by atoms with E-state index >= 15 is 0 Å². The molecule has 0 radical (unpaired) electrons. The van der Waals surface area contributed by atoms with E-state index in [1.165, 1.54) is 19.5 Å². The van der Waals surface area contributed by atoms with E-state index in [9.17, 15) is 4.79 Å². The Morgan fingerprint density at radius 2 is 2.14 bits per heavy atom. The van der Waals surface area contributed by atoms with E-state index in [0.717, 1.165) is 0 Å². The van der Waals surface area contributed by atoms with Gasteiger partial charge in [0, 0.05) is 12.4 Å². The van der Waals surface area contributed by atoms with Crippen molar-refractivity contribution in [2.24, 2.45) is 0 Å². The summed E-state index contributed by atoms with van der Waals surface area (Å²) in [5, 5.41) is 8.59. The molecule has 0 N–H and O–H groups in total. The van der Waals surface area contributed by atoms with Crippen LogP contribution in [-0.2, 0) is 4.74 Å². The molecule has 0 saturated heterocycles. The second kappa shape index (κ2) is 4.33. The van der Waals surface area contributed by atoms with E-state index in [-0.39, 0.29) is 11.5 Å². The third-order valence-electron chi connectivity index (χ3n) is 1.67. The summed E-state index contributed by atoms with van der Waals surface area (Å²) in [5.41, 5.74) is 0.279. The van der Waals surface area contributed by atoms with Crippen LogP contribution in [0.3, 0.4) is 0 Å². The lowest BCUT2D eigenvalue weighted by atomic mass is 10.2. The Morgan fingerprint density at radius 1 is 1.57 bits per heavy atom. The van der Waals surface area contributed by atoms with E-state index in [1.54, 1.807) is 6.92 Å². The Balaban J connectivity index is 2.90. The zero-order valence-electron chi connectivity index (χ0n) is 7.89. The van der Waals surface area contributed by atoms with Gasteiger partial charge in [-0.2, -0.15) is 5.26 Å². The van der Waals surface area contributed by atoms with Gasteiger partial charge >= 0.3 is 5.97 Å². The summed E-state index contributed by atoms with van der Waals surface area (Å²) >= 11 is 0. The maximum atomic E-state index is 11.0. The van der Waals surface area contributed by atoms with Crippen molar-refractivity contribution in [1.82, 2.24) is 9.97 Å². The molecule has 0 aliphatic heterocycles. The van der Waals surface area contributed by atoms with Gasteiger partial charge in [0.25, 0.3) is 0 Å². The van der Waals surface area contributed by atoms with E-state index < -0.39 is 5.97 Å². The fraction of sp³-hybridized carbons (Fsp3) is 0.333. The van der Waals surface area contributed by atoms with E-state index in [0.29, 0.717) is 5.82 Å². The van der Waals surface area contributed by atoms with E-state index in [2.05, 4.69) is 14.7 Å². The van der Waals surface area contributed by atoms with Gasteiger partial charge in [-0.1, -0.05) is 0 Å². The summed E-state index contributed by atoms with van der Waals surface area (Å²) in [4.78, 5) is 18.8. The summed E-state index contributed by atoms with van der Waals surface area (Å²) < 4.78 is 4.48. The van der Waals surface area contributed by atoms with Crippen LogP contribution >= 0.6 is 0 Å². The van der Waals surface area contributed by atoms with Crippen molar-refractivity contribution in [2.75, 3.05) is 7.11 Å². The van der Waals surface area contributed by atoms with Crippen LogP contribution in [0.5, 0.6) is 0 Å². The summed E-state index contributed by atoms with van der Waals surface area (Å²) in [6, 6.07) is 2.00. The molecule has 0 aliphatic carbocycles. The predicted molar refractivity (Wildman–Crippen MR) is 47.4 cm³/mol. The molecule has 0 aromatic carbocycles. The Labute approximate surface area is 81.4 Å². The van der Waals surface area contributed by atoms with Crippen LogP contribution in [0.2, 0.25) is 0 Å². The minimum atomic E-state index is -0.485. The number of carbonyl (C=O) groups is 1. The molecule has 0 amide bonds. The van der Waals surface area contributed by atoms with Crippen LogP contribution in [0.1, 0.15) is 29.0 Å². The highest BCUT2D eigenvalue weighted by Crippen LogP contribution is 2.08. The molecule has 1 rings (SSSR count). The van der Waals surface area contributed by atoms with Gasteiger partial charge in [-0.25, -0.2) is 14.8 Å². The molecule has 0 fully saturated rings. The van der Waals surface area contributed by atoms with Crippen molar-refractivity contribution in [3.63, 3.8) is 0 Å². The number of esters is 1.